The maximum atomic E-state index is 9.94. The van der Waals surface area contributed by atoms with Crippen molar-refractivity contribution >= 4 is 5.97 Å². The molecule has 0 aromatic carbocycles. The van der Waals surface area contributed by atoms with Crippen LogP contribution in [0.4, 0.5) is 0 Å². The lowest BCUT2D eigenvalue weighted by atomic mass is 10.3. The first-order valence-electron chi connectivity index (χ1n) is 2.23. The minimum absolute atomic E-state index is 0. The second-order valence-corrected chi connectivity index (χ2v) is 1.36. The lowest BCUT2D eigenvalue weighted by Gasteiger charge is -2.04. The highest BCUT2D eigenvalue weighted by Gasteiger charge is 2.11. The van der Waals surface area contributed by atoms with Gasteiger partial charge < -0.3 is 21.0 Å². The van der Waals surface area contributed by atoms with Gasteiger partial charge in [-0.2, -0.15) is 0 Å². The Morgan fingerprint density at radius 2 is 2.22 bits per heavy atom. The fourth-order valence-corrected chi connectivity index (χ4v) is 0.293. The largest absolute Gasteiger partial charge is 0.480 e. The molecule has 5 nitrogen and oxygen atoms in total. The molecule has 0 saturated carbocycles. The summed E-state index contributed by atoms with van der Waals surface area (Å²) in [7, 11) is 1.48. The van der Waals surface area contributed by atoms with Crippen molar-refractivity contribution < 1.29 is 20.5 Å². The molecule has 1 atom stereocenters. The number of nitrogens with one attached hydrogen (secondary N) is 1. The van der Waals surface area contributed by atoms with Gasteiger partial charge in [-0.3, -0.25) is 4.79 Å². The van der Waals surface area contributed by atoms with Crippen molar-refractivity contribution in [2.45, 2.75) is 6.04 Å². The van der Waals surface area contributed by atoms with E-state index in [0.717, 1.165) is 0 Å². The topological polar surface area (TPSA) is 101 Å². The van der Waals surface area contributed by atoms with E-state index in [1.165, 1.54) is 7.05 Å². The average molecular weight is 137 g/mol. The summed E-state index contributed by atoms with van der Waals surface area (Å²) in [5, 5.41) is 18.8. The van der Waals surface area contributed by atoms with Gasteiger partial charge in [0.25, 0.3) is 0 Å². The number of aliphatic carboxylic acids is 1. The van der Waals surface area contributed by atoms with Gasteiger partial charge in [0.1, 0.15) is 6.04 Å². The zero-order chi connectivity index (χ0) is 6.57. The van der Waals surface area contributed by atoms with E-state index in [4.69, 9.17) is 10.2 Å². The fourth-order valence-electron chi connectivity index (χ4n) is 0.293. The molecule has 0 fully saturated rings. The highest BCUT2D eigenvalue weighted by atomic mass is 16.4. The van der Waals surface area contributed by atoms with E-state index >= 15 is 0 Å². The molecule has 5 N–H and O–H groups in total. The zero-order valence-electron chi connectivity index (χ0n) is 5.09. The van der Waals surface area contributed by atoms with Crippen molar-refractivity contribution in [3.05, 3.63) is 0 Å². The van der Waals surface area contributed by atoms with Crippen LogP contribution in [-0.2, 0) is 4.79 Å². The Labute approximate surface area is 52.6 Å². The molecule has 1 unspecified atom stereocenters. The molecule has 9 heavy (non-hydrogen) atoms. The lowest BCUT2D eigenvalue weighted by molar-refractivity contribution is -0.140. The summed E-state index contributed by atoms with van der Waals surface area (Å²) in [6.45, 7) is -0.369. The number of likely N-dealkylation sites (N-methyl/N-ethyl adjacent to an activating group) is 1. The van der Waals surface area contributed by atoms with Gasteiger partial charge in [-0.15, -0.1) is 0 Å². The van der Waals surface area contributed by atoms with Gasteiger partial charge in [0.15, 0.2) is 0 Å². The van der Waals surface area contributed by atoms with Crippen LogP contribution in [-0.4, -0.2) is 41.4 Å². The number of hydrogen-bond acceptors (Lipinski definition) is 3. The number of carbonyl (C=O) groups is 1. The maximum Gasteiger partial charge on any atom is 0.323 e. The monoisotopic (exact) mass is 137 g/mol. The molecule has 0 aromatic heterocycles. The Balaban J connectivity index is 0. The van der Waals surface area contributed by atoms with Crippen LogP contribution < -0.4 is 5.32 Å². The number of hydrogen-bond donors (Lipinski definition) is 3. The summed E-state index contributed by atoms with van der Waals surface area (Å²) in [6, 6.07) is -0.824. The van der Waals surface area contributed by atoms with Crippen LogP contribution in [0, 0.1) is 0 Å². The van der Waals surface area contributed by atoms with Gasteiger partial charge in [0, 0.05) is 0 Å². The van der Waals surface area contributed by atoms with Gasteiger partial charge in [-0.25, -0.2) is 0 Å². The Morgan fingerprint density at radius 1 is 1.78 bits per heavy atom. The van der Waals surface area contributed by atoms with E-state index in [9.17, 15) is 4.79 Å². The quantitative estimate of drug-likeness (QED) is 0.412. The molecule has 0 spiro atoms. The number of aliphatic hydroxyl groups excluding tert-OH is 1. The molecule has 0 bridgehead atoms. The molecule has 0 aliphatic heterocycles. The molecule has 0 heterocycles. The van der Waals surface area contributed by atoms with Crippen molar-refractivity contribution in [2.24, 2.45) is 0 Å². The maximum absolute atomic E-state index is 9.94. The standard InChI is InChI=1S/C4H9NO3.H2O/c1-5-3(2-6)4(7)8;/h3,5-6H,2H2,1H3,(H,7,8);1H2. The molecule has 5 heteroatoms. The van der Waals surface area contributed by atoms with E-state index < -0.39 is 12.0 Å². The third-order valence-electron chi connectivity index (χ3n) is 0.829. The van der Waals surface area contributed by atoms with E-state index in [-0.39, 0.29) is 12.1 Å². The van der Waals surface area contributed by atoms with Gasteiger partial charge in [-0.1, -0.05) is 0 Å². The Hall–Kier alpha value is -0.650. The summed E-state index contributed by atoms with van der Waals surface area (Å²) in [4.78, 5) is 9.94. The second kappa shape index (κ2) is 5.49. The molecule has 0 rings (SSSR count). The highest BCUT2D eigenvalue weighted by molar-refractivity contribution is 5.73. The number of carboxylic acid groups (broad SMARTS) is 1. The van der Waals surface area contributed by atoms with Crippen molar-refractivity contribution in [3.8, 4) is 0 Å². The minimum atomic E-state index is -1.03. The van der Waals surface area contributed by atoms with Gasteiger partial charge >= 0.3 is 5.97 Å². The van der Waals surface area contributed by atoms with Crippen LogP contribution in [0.15, 0.2) is 0 Å². The molecule has 0 aromatic rings. The molecule has 56 valence electrons. The summed E-state index contributed by atoms with van der Waals surface area (Å²) >= 11 is 0. The first-order chi connectivity index (χ1) is 3.72. The van der Waals surface area contributed by atoms with Gasteiger partial charge in [-0.05, 0) is 7.05 Å². The third-order valence-corrected chi connectivity index (χ3v) is 0.829. The fraction of sp³-hybridized carbons (Fsp3) is 0.750. The van der Waals surface area contributed by atoms with E-state index in [0.29, 0.717) is 0 Å². The van der Waals surface area contributed by atoms with E-state index in [2.05, 4.69) is 5.32 Å². The lowest BCUT2D eigenvalue weighted by Crippen LogP contribution is -2.36. The average Bonchev–Trinajstić information content (AvgIpc) is 1.69. The summed E-state index contributed by atoms with van der Waals surface area (Å²) in [6.07, 6.45) is 0. The molecular weight excluding hydrogens is 126 g/mol. The smallest absolute Gasteiger partial charge is 0.323 e. The van der Waals surface area contributed by atoms with Crippen LogP contribution in [0.2, 0.25) is 0 Å². The summed E-state index contributed by atoms with van der Waals surface area (Å²) in [5.41, 5.74) is 0. The summed E-state index contributed by atoms with van der Waals surface area (Å²) < 4.78 is 0. The van der Waals surface area contributed by atoms with Gasteiger partial charge in [0.05, 0.1) is 6.61 Å². The second-order valence-electron chi connectivity index (χ2n) is 1.36. The SMILES string of the molecule is CNC(CO)C(=O)O.O. The normalized spacial score (nSPS) is 11.8. The minimum Gasteiger partial charge on any atom is -0.480 e. The molecule has 0 aliphatic rings. The predicted octanol–water partition coefficient (Wildman–Crippen LogP) is -2.17. The van der Waals surface area contributed by atoms with Crippen LogP contribution in [0.3, 0.4) is 0 Å². The predicted molar refractivity (Wildman–Crippen MR) is 31.2 cm³/mol. The summed E-state index contributed by atoms with van der Waals surface area (Å²) in [5.74, 6) is -1.03. The van der Waals surface area contributed by atoms with Crippen molar-refractivity contribution in [1.29, 1.82) is 0 Å². The highest BCUT2D eigenvalue weighted by Crippen LogP contribution is 1.76. The van der Waals surface area contributed by atoms with Crippen molar-refractivity contribution in [2.75, 3.05) is 13.7 Å². The number of rotatable bonds is 3. The van der Waals surface area contributed by atoms with E-state index in [1.54, 1.807) is 0 Å². The van der Waals surface area contributed by atoms with Crippen molar-refractivity contribution in [3.63, 3.8) is 0 Å². The number of aliphatic hydroxyl groups is 1. The van der Waals surface area contributed by atoms with Crippen LogP contribution in [0.25, 0.3) is 0 Å². The molecular formula is C4H11NO4. The molecule has 0 amide bonds. The first kappa shape index (κ1) is 11.2. The van der Waals surface area contributed by atoms with Crippen LogP contribution >= 0.6 is 0 Å². The van der Waals surface area contributed by atoms with Crippen molar-refractivity contribution in [1.82, 2.24) is 5.32 Å². The number of carboxylic acids is 1. The van der Waals surface area contributed by atoms with Gasteiger partial charge in [0.2, 0.25) is 0 Å². The van der Waals surface area contributed by atoms with E-state index in [1.807, 2.05) is 0 Å². The molecule has 0 aliphatic carbocycles. The first-order valence-corrected chi connectivity index (χ1v) is 2.23. The Bertz CT molecular complexity index is 80.6. The van der Waals surface area contributed by atoms with Crippen LogP contribution in [0.5, 0.6) is 0 Å². The molecule has 0 saturated heterocycles. The Kier molecular flexibility index (Phi) is 6.82. The third kappa shape index (κ3) is 3.89. The zero-order valence-corrected chi connectivity index (χ0v) is 5.09. The molecule has 0 radical (unpaired) electrons. The van der Waals surface area contributed by atoms with Crippen LogP contribution in [0.1, 0.15) is 0 Å². The Morgan fingerprint density at radius 3 is 2.22 bits per heavy atom.